The van der Waals surface area contributed by atoms with Gasteiger partial charge in [-0.05, 0) is 0 Å². The van der Waals surface area contributed by atoms with Gasteiger partial charge in [0, 0.05) is 0 Å². The molecule has 1 rings (SSSR count). The van der Waals surface area contributed by atoms with Gasteiger partial charge in [-0.25, -0.2) is 4.57 Å². The van der Waals surface area contributed by atoms with Crippen LogP contribution in [0.5, 0.6) is 0 Å². The zero-order valence-corrected chi connectivity index (χ0v) is 4.05. The lowest BCUT2D eigenvalue weighted by molar-refractivity contribution is -0.204. The van der Waals surface area contributed by atoms with E-state index in [9.17, 15) is 13.2 Å². The van der Waals surface area contributed by atoms with Crippen molar-refractivity contribution in [1.29, 1.82) is 0 Å². The van der Waals surface area contributed by atoms with E-state index in [4.69, 9.17) is 1.37 Å². The molecule has 6 heteroatoms. The maximum Gasteiger partial charge on any atom is 0.490 e. The SMILES string of the molecule is [2H]c1nncn1C(F)(F)F. The highest BCUT2D eigenvalue weighted by atomic mass is 19.4. The smallest absolute Gasteiger partial charge is 0.229 e. The molecule has 3 nitrogen and oxygen atoms in total. The molecule has 1 heterocycles. The summed E-state index contributed by atoms with van der Waals surface area (Å²) in [5.41, 5.74) is 0. The summed E-state index contributed by atoms with van der Waals surface area (Å²) >= 11 is 0. The highest BCUT2D eigenvalue weighted by Crippen LogP contribution is 2.19. The molecule has 0 aliphatic heterocycles. The Morgan fingerprint density at radius 3 is 2.33 bits per heavy atom. The van der Waals surface area contributed by atoms with Crippen LogP contribution < -0.4 is 0 Å². The van der Waals surface area contributed by atoms with Crippen LogP contribution in [0.25, 0.3) is 0 Å². The molecule has 9 heavy (non-hydrogen) atoms. The Hall–Kier alpha value is -1.07. The van der Waals surface area contributed by atoms with Crippen LogP contribution in [0.3, 0.4) is 0 Å². The van der Waals surface area contributed by atoms with E-state index in [0.717, 1.165) is 0 Å². The maximum absolute atomic E-state index is 11.6. The number of halogens is 3. The summed E-state index contributed by atoms with van der Waals surface area (Å²) in [5, 5.41) is 5.74. The largest absolute Gasteiger partial charge is 0.490 e. The molecule has 0 fully saturated rings. The molecular weight excluding hydrogens is 135 g/mol. The minimum atomic E-state index is -4.58. The van der Waals surface area contributed by atoms with Crippen molar-refractivity contribution in [2.24, 2.45) is 0 Å². The second kappa shape index (κ2) is 1.71. The summed E-state index contributed by atoms with van der Waals surface area (Å²) in [4.78, 5) is 0. The normalized spacial score (nSPS) is 13.4. The predicted molar refractivity (Wildman–Crippen MR) is 21.3 cm³/mol. The van der Waals surface area contributed by atoms with Gasteiger partial charge in [0.25, 0.3) is 0 Å². The monoisotopic (exact) mass is 138 g/mol. The summed E-state index contributed by atoms with van der Waals surface area (Å²) in [5.74, 6) is 0. The molecule has 1 aromatic rings. The van der Waals surface area contributed by atoms with Crippen molar-refractivity contribution in [1.82, 2.24) is 14.8 Å². The molecule has 50 valence electrons. The first-order valence-corrected chi connectivity index (χ1v) is 1.95. The zero-order chi connectivity index (χ0) is 7.78. The Balaban J connectivity index is 3.05. The van der Waals surface area contributed by atoms with Crippen molar-refractivity contribution < 1.29 is 14.5 Å². The summed E-state index contributed by atoms with van der Waals surface area (Å²) in [6.07, 6.45) is -5.05. The average molecular weight is 138 g/mol. The van der Waals surface area contributed by atoms with Crippen LogP contribution in [0.2, 0.25) is 0 Å². The fourth-order valence-corrected chi connectivity index (χ4v) is 0.299. The second-order valence-corrected chi connectivity index (χ2v) is 1.27. The van der Waals surface area contributed by atoms with E-state index in [2.05, 4.69) is 10.2 Å². The van der Waals surface area contributed by atoms with Crippen LogP contribution in [0.1, 0.15) is 1.37 Å². The van der Waals surface area contributed by atoms with Gasteiger partial charge >= 0.3 is 6.30 Å². The quantitative estimate of drug-likeness (QED) is 0.529. The lowest BCUT2D eigenvalue weighted by Crippen LogP contribution is -2.13. The number of aromatic nitrogens is 3. The van der Waals surface area contributed by atoms with Crippen LogP contribution in [-0.4, -0.2) is 14.8 Å². The molecular formula is C3H2F3N3. The van der Waals surface area contributed by atoms with Crippen molar-refractivity contribution >= 4 is 0 Å². The number of hydrogen-bond acceptors (Lipinski definition) is 2. The van der Waals surface area contributed by atoms with Gasteiger partial charge in [0.15, 0.2) is 0 Å². The molecule has 0 aliphatic carbocycles. The van der Waals surface area contributed by atoms with E-state index in [1.807, 2.05) is 0 Å². The van der Waals surface area contributed by atoms with Crippen molar-refractivity contribution in [2.75, 3.05) is 0 Å². The molecule has 1 aromatic heterocycles. The fourth-order valence-electron chi connectivity index (χ4n) is 0.299. The molecule has 0 aromatic carbocycles. The van der Waals surface area contributed by atoms with Gasteiger partial charge in [-0.15, -0.1) is 23.4 Å². The highest BCUT2D eigenvalue weighted by Gasteiger charge is 2.29. The molecule has 0 N–H and O–H groups in total. The first-order chi connectivity index (χ1) is 4.52. The second-order valence-electron chi connectivity index (χ2n) is 1.27. The molecule has 0 saturated carbocycles. The van der Waals surface area contributed by atoms with Gasteiger partial charge in [-0.2, -0.15) is 0 Å². The Labute approximate surface area is 49.5 Å². The minimum absolute atomic E-state index is 0.285. The summed E-state index contributed by atoms with van der Waals surface area (Å²) in [6.45, 7) is 0. The Kier molecular flexibility index (Phi) is 0.909. The topological polar surface area (TPSA) is 30.7 Å². The standard InChI is InChI=1S/C3H2F3N3/c4-3(5,6)9-1-7-8-2-9/h1-2H/i1D. The van der Waals surface area contributed by atoms with Gasteiger partial charge in [-0.1, -0.05) is 0 Å². The Bertz CT molecular complexity index is 229. The molecule has 0 saturated heterocycles. The van der Waals surface area contributed by atoms with E-state index in [0.29, 0.717) is 6.33 Å². The first-order valence-electron chi connectivity index (χ1n) is 2.45. The van der Waals surface area contributed by atoms with E-state index in [-0.39, 0.29) is 4.57 Å². The molecule has 0 bridgehead atoms. The molecule has 0 radical (unpaired) electrons. The van der Waals surface area contributed by atoms with Crippen molar-refractivity contribution in [2.45, 2.75) is 6.30 Å². The van der Waals surface area contributed by atoms with E-state index in [1.165, 1.54) is 0 Å². The van der Waals surface area contributed by atoms with Crippen LogP contribution >= 0.6 is 0 Å². The third-order valence-corrected chi connectivity index (χ3v) is 0.650. The van der Waals surface area contributed by atoms with Crippen molar-refractivity contribution in [3.63, 3.8) is 0 Å². The number of rotatable bonds is 0. The Morgan fingerprint density at radius 1 is 1.44 bits per heavy atom. The number of nitrogens with zero attached hydrogens (tertiary/aromatic N) is 3. The molecule has 0 atom stereocenters. The zero-order valence-electron chi connectivity index (χ0n) is 5.05. The van der Waals surface area contributed by atoms with E-state index >= 15 is 0 Å². The van der Waals surface area contributed by atoms with Crippen LogP contribution in [-0.2, 0) is 6.30 Å². The predicted octanol–water partition coefficient (Wildman–Crippen LogP) is 0.754. The van der Waals surface area contributed by atoms with Gasteiger partial charge in [0.1, 0.15) is 14.0 Å². The van der Waals surface area contributed by atoms with Crippen LogP contribution in [0.15, 0.2) is 12.6 Å². The lowest BCUT2D eigenvalue weighted by atomic mass is 11.0. The lowest BCUT2D eigenvalue weighted by Gasteiger charge is -2.02. The van der Waals surface area contributed by atoms with Crippen molar-refractivity contribution in [3.8, 4) is 0 Å². The van der Waals surface area contributed by atoms with Gasteiger partial charge in [0.05, 0.1) is 0 Å². The third kappa shape index (κ3) is 1.18. The van der Waals surface area contributed by atoms with Crippen LogP contribution in [0, 0.1) is 0 Å². The van der Waals surface area contributed by atoms with E-state index in [1.54, 1.807) is 0 Å². The fraction of sp³-hybridized carbons (Fsp3) is 0.333. The third-order valence-electron chi connectivity index (χ3n) is 0.650. The summed E-state index contributed by atoms with van der Waals surface area (Å²) < 4.78 is 41.2. The minimum Gasteiger partial charge on any atom is -0.229 e. The molecule has 0 unspecified atom stereocenters. The summed E-state index contributed by atoms with van der Waals surface area (Å²) in [6, 6.07) is 0. The maximum atomic E-state index is 11.6. The number of hydrogen-bond donors (Lipinski definition) is 0. The van der Waals surface area contributed by atoms with Crippen molar-refractivity contribution in [3.05, 3.63) is 12.6 Å². The average Bonchev–Trinajstić information content (AvgIpc) is 2.11. The van der Waals surface area contributed by atoms with Gasteiger partial charge < -0.3 is 0 Å². The molecule has 0 spiro atoms. The Morgan fingerprint density at radius 2 is 2.11 bits per heavy atom. The highest BCUT2D eigenvalue weighted by molar-refractivity contribution is 4.62. The van der Waals surface area contributed by atoms with Crippen LogP contribution in [0.4, 0.5) is 13.2 Å². The van der Waals surface area contributed by atoms with Gasteiger partial charge in [-0.3, -0.25) is 0 Å². The van der Waals surface area contributed by atoms with E-state index < -0.39 is 12.6 Å². The molecule has 0 amide bonds. The molecule has 0 aliphatic rings. The first kappa shape index (κ1) is 4.78. The summed E-state index contributed by atoms with van der Waals surface area (Å²) in [7, 11) is 0. The van der Waals surface area contributed by atoms with Gasteiger partial charge in [0.2, 0.25) is 0 Å². The number of alkyl halides is 3.